The SMILES string of the molecule is CCN(C)C(=O)Nc1cc(N)ccc1C(=O)O. The quantitative estimate of drug-likeness (QED) is 0.693. The van der Waals surface area contributed by atoms with E-state index in [9.17, 15) is 9.59 Å². The fourth-order valence-corrected chi connectivity index (χ4v) is 1.21. The van der Waals surface area contributed by atoms with Gasteiger partial charge in [0.15, 0.2) is 0 Å². The van der Waals surface area contributed by atoms with Crippen molar-refractivity contribution in [1.29, 1.82) is 0 Å². The largest absolute Gasteiger partial charge is 0.478 e. The molecule has 0 aliphatic carbocycles. The fourth-order valence-electron chi connectivity index (χ4n) is 1.21. The Kier molecular flexibility index (Phi) is 3.92. The first kappa shape index (κ1) is 12.8. The number of carbonyl (C=O) groups is 2. The molecule has 0 bridgehead atoms. The maximum atomic E-state index is 11.6. The number of carboxylic acid groups (broad SMARTS) is 1. The van der Waals surface area contributed by atoms with Gasteiger partial charge in [-0.1, -0.05) is 0 Å². The summed E-state index contributed by atoms with van der Waals surface area (Å²) in [5, 5.41) is 11.5. The van der Waals surface area contributed by atoms with Crippen molar-refractivity contribution in [2.45, 2.75) is 6.92 Å². The van der Waals surface area contributed by atoms with E-state index in [0.717, 1.165) is 0 Å². The third-order valence-corrected chi connectivity index (χ3v) is 2.34. The van der Waals surface area contributed by atoms with Crippen LogP contribution in [0.5, 0.6) is 0 Å². The molecule has 0 spiro atoms. The lowest BCUT2D eigenvalue weighted by Crippen LogP contribution is -2.31. The number of anilines is 2. The molecule has 0 saturated heterocycles. The van der Waals surface area contributed by atoms with Gasteiger partial charge in [-0.15, -0.1) is 0 Å². The van der Waals surface area contributed by atoms with Gasteiger partial charge in [-0.05, 0) is 25.1 Å². The standard InChI is InChI=1S/C11H15N3O3/c1-3-14(2)11(17)13-9-6-7(12)4-5-8(9)10(15)16/h4-6H,3,12H2,1-2H3,(H,13,17)(H,15,16). The number of benzene rings is 1. The molecular formula is C11H15N3O3. The molecule has 4 N–H and O–H groups in total. The van der Waals surface area contributed by atoms with E-state index in [1.807, 2.05) is 6.92 Å². The number of rotatable bonds is 3. The lowest BCUT2D eigenvalue weighted by atomic mass is 10.1. The summed E-state index contributed by atoms with van der Waals surface area (Å²) in [5.41, 5.74) is 6.16. The summed E-state index contributed by atoms with van der Waals surface area (Å²) >= 11 is 0. The molecule has 0 unspecified atom stereocenters. The van der Waals surface area contributed by atoms with E-state index in [2.05, 4.69) is 5.32 Å². The highest BCUT2D eigenvalue weighted by atomic mass is 16.4. The lowest BCUT2D eigenvalue weighted by Gasteiger charge is -2.16. The molecule has 6 nitrogen and oxygen atoms in total. The predicted molar refractivity (Wildman–Crippen MR) is 65.1 cm³/mol. The van der Waals surface area contributed by atoms with Crippen LogP contribution < -0.4 is 11.1 Å². The maximum Gasteiger partial charge on any atom is 0.337 e. The Morgan fingerprint density at radius 2 is 2.12 bits per heavy atom. The van der Waals surface area contributed by atoms with E-state index in [4.69, 9.17) is 10.8 Å². The molecule has 1 rings (SSSR count). The monoisotopic (exact) mass is 237 g/mol. The highest BCUT2D eigenvalue weighted by Gasteiger charge is 2.14. The first-order valence-corrected chi connectivity index (χ1v) is 5.10. The van der Waals surface area contributed by atoms with Crippen molar-refractivity contribution < 1.29 is 14.7 Å². The van der Waals surface area contributed by atoms with Crippen LogP contribution in [-0.2, 0) is 0 Å². The average Bonchev–Trinajstić information content (AvgIpc) is 2.27. The number of amides is 2. The topological polar surface area (TPSA) is 95.7 Å². The van der Waals surface area contributed by atoms with Crippen LogP contribution >= 0.6 is 0 Å². The van der Waals surface area contributed by atoms with E-state index in [1.165, 1.54) is 23.1 Å². The molecule has 0 fully saturated rings. The van der Waals surface area contributed by atoms with E-state index in [0.29, 0.717) is 12.2 Å². The summed E-state index contributed by atoms with van der Waals surface area (Å²) in [5.74, 6) is -1.11. The second kappa shape index (κ2) is 5.20. The summed E-state index contributed by atoms with van der Waals surface area (Å²) < 4.78 is 0. The Hall–Kier alpha value is -2.24. The van der Waals surface area contributed by atoms with Crippen LogP contribution in [0, 0.1) is 0 Å². The van der Waals surface area contributed by atoms with Gasteiger partial charge >= 0.3 is 12.0 Å². The Labute approximate surface area is 99.0 Å². The molecule has 0 saturated carbocycles. The molecule has 0 radical (unpaired) electrons. The fraction of sp³-hybridized carbons (Fsp3) is 0.273. The predicted octanol–water partition coefficient (Wildman–Crippen LogP) is 1.45. The number of nitrogen functional groups attached to an aromatic ring is 1. The van der Waals surface area contributed by atoms with Crippen LogP contribution in [0.4, 0.5) is 16.2 Å². The van der Waals surface area contributed by atoms with Crippen molar-refractivity contribution in [2.24, 2.45) is 0 Å². The van der Waals surface area contributed by atoms with Gasteiger partial charge in [-0.25, -0.2) is 9.59 Å². The molecule has 2 amide bonds. The molecule has 1 aromatic carbocycles. The van der Waals surface area contributed by atoms with Gasteiger partial charge in [0.1, 0.15) is 0 Å². The van der Waals surface area contributed by atoms with Gasteiger partial charge in [-0.2, -0.15) is 0 Å². The number of nitrogens with zero attached hydrogens (tertiary/aromatic N) is 1. The zero-order valence-corrected chi connectivity index (χ0v) is 9.73. The number of urea groups is 1. The van der Waals surface area contributed by atoms with Crippen LogP contribution in [0.3, 0.4) is 0 Å². The van der Waals surface area contributed by atoms with Crippen molar-refractivity contribution in [3.05, 3.63) is 23.8 Å². The van der Waals surface area contributed by atoms with Gasteiger partial charge in [0.05, 0.1) is 11.3 Å². The minimum Gasteiger partial charge on any atom is -0.478 e. The van der Waals surface area contributed by atoms with Crippen molar-refractivity contribution in [2.75, 3.05) is 24.6 Å². The van der Waals surface area contributed by atoms with Crippen molar-refractivity contribution in [3.8, 4) is 0 Å². The minimum absolute atomic E-state index is 0.0112. The molecule has 1 aromatic rings. The second-order valence-corrected chi connectivity index (χ2v) is 3.55. The number of nitrogens with one attached hydrogen (secondary N) is 1. The Morgan fingerprint density at radius 3 is 2.65 bits per heavy atom. The Morgan fingerprint density at radius 1 is 1.47 bits per heavy atom. The molecule has 0 aliphatic heterocycles. The third kappa shape index (κ3) is 3.10. The van der Waals surface area contributed by atoms with E-state index in [-0.39, 0.29) is 17.3 Å². The highest BCUT2D eigenvalue weighted by Crippen LogP contribution is 2.19. The van der Waals surface area contributed by atoms with Gasteiger partial charge in [-0.3, -0.25) is 0 Å². The Balaban J connectivity index is 3.00. The van der Waals surface area contributed by atoms with E-state index < -0.39 is 5.97 Å². The molecule has 0 atom stereocenters. The molecule has 6 heteroatoms. The number of hydrogen-bond acceptors (Lipinski definition) is 3. The molecule has 0 heterocycles. The van der Waals surface area contributed by atoms with Gasteiger partial charge in [0.2, 0.25) is 0 Å². The minimum atomic E-state index is -1.11. The van der Waals surface area contributed by atoms with Crippen LogP contribution in [0.1, 0.15) is 17.3 Å². The summed E-state index contributed by atoms with van der Waals surface area (Å²) in [7, 11) is 1.61. The number of carbonyl (C=O) groups excluding carboxylic acids is 1. The molecule has 92 valence electrons. The van der Waals surface area contributed by atoms with Crippen LogP contribution in [-0.4, -0.2) is 35.6 Å². The number of aromatic carboxylic acids is 1. The zero-order chi connectivity index (χ0) is 13.0. The van der Waals surface area contributed by atoms with Crippen LogP contribution in [0.2, 0.25) is 0 Å². The number of carboxylic acids is 1. The average molecular weight is 237 g/mol. The van der Waals surface area contributed by atoms with Crippen molar-refractivity contribution in [3.63, 3.8) is 0 Å². The second-order valence-electron chi connectivity index (χ2n) is 3.55. The van der Waals surface area contributed by atoms with E-state index >= 15 is 0 Å². The molecule has 0 aromatic heterocycles. The summed E-state index contributed by atoms with van der Waals surface area (Å²) in [4.78, 5) is 24.0. The zero-order valence-electron chi connectivity index (χ0n) is 9.73. The first-order valence-electron chi connectivity index (χ1n) is 5.10. The number of nitrogens with two attached hydrogens (primary N) is 1. The van der Waals surface area contributed by atoms with E-state index in [1.54, 1.807) is 7.05 Å². The van der Waals surface area contributed by atoms with Crippen LogP contribution in [0.25, 0.3) is 0 Å². The van der Waals surface area contributed by atoms with Gasteiger partial charge in [0, 0.05) is 19.3 Å². The summed E-state index contributed by atoms with van der Waals surface area (Å²) in [6, 6.07) is 3.88. The molecule has 0 aliphatic rings. The van der Waals surface area contributed by atoms with Crippen molar-refractivity contribution in [1.82, 2.24) is 4.90 Å². The lowest BCUT2D eigenvalue weighted by molar-refractivity contribution is 0.0698. The molecular weight excluding hydrogens is 222 g/mol. The highest BCUT2D eigenvalue weighted by molar-refractivity contribution is 6.00. The Bertz CT molecular complexity index is 446. The normalized spacial score (nSPS) is 9.76. The first-order chi connectivity index (χ1) is 7.95. The van der Waals surface area contributed by atoms with Crippen molar-refractivity contribution >= 4 is 23.4 Å². The summed E-state index contributed by atoms with van der Waals surface area (Å²) in [6.45, 7) is 2.34. The maximum absolute atomic E-state index is 11.6. The molecule has 17 heavy (non-hydrogen) atoms. The number of hydrogen-bond donors (Lipinski definition) is 3. The smallest absolute Gasteiger partial charge is 0.337 e. The third-order valence-electron chi connectivity index (χ3n) is 2.34. The van der Waals surface area contributed by atoms with Gasteiger partial charge < -0.3 is 21.1 Å². The van der Waals surface area contributed by atoms with Gasteiger partial charge in [0.25, 0.3) is 0 Å². The van der Waals surface area contributed by atoms with Crippen LogP contribution in [0.15, 0.2) is 18.2 Å². The summed E-state index contributed by atoms with van der Waals surface area (Å²) in [6.07, 6.45) is 0.